The van der Waals surface area contributed by atoms with Crippen molar-refractivity contribution in [3.63, 3.8) is 0 Å². The molecule has 3 atom stereocenters. The quantitative estimate of drug-likeness (QED) is 0.541. The van der Waals surface area contributed by atoms with Crippen LogP contribution in [0.4, 0.5) is 13.2 Å². The summed E-state index contributed by atoms with van der Waals surface area (Å²) in [6.45, 7) is 2.75. The second-order valence-electron chi connectivity index (χ2n) is 3.24. The number of unbranched alkanes of at least 4 members (excludes halogenated alkanes) is 1. The van der Waals surface area contributed by atoms with Gasteiger partial charge in [-0.1, -0.05) is 13.3 Å². The minimum absolute atomic E-state index is 0.0391. The van der Waals surface area contributed by atoms with E-state index in [-0.39, 0.29) is 6.61 Å². The molecule has 16 heavy (non-hydrogen) atoms. The van der Waals surface area contributed by atoms with Crippen LogP contribution in [0.1, 0.15) is 26.7 Å². The van der Waals surface area contributed by atoms with E-state index >= 15 is 0 Å². The van der Waals surface area contributed by atoms with Crippen LogP contribution >= 0.6 is 7.82 Å². The Kier molecular flexibility index (Phi) is 7.22. The first-order valence-electron chi connectivity index (χ1n) is 4.88. The van der Waals surface area contributed by atoms with Gasteiger partial charge in [0.15, 0.2) is 6.17 Å². The number of phosphoric acid groups is 1. The summed E-state index contributed by atoms with van der Waals surface area (Å²) >= 11 is 0. The van der Waals surface area contributed by atoms with Gasteiger partial charge in [-0.15, -0.1) is 0 Å². The summed E-state index contributed by atoms with van der Waals surface area (Å²) in [4.78, 5) is 9.04. The van der Waals surface area contributed by atoms with Crippen LogP contribution in [-0.2, 0) is 13.6 Å². The topological polar surface area (TPSA) is 55.8 Å². The molecule has 3 unspecified atom stereocenters. The Labute approximate surface area is 92.4 Å². The van der Waals surface area contributed by atoms with E-state index in [1.165, 1.54) is 0 Å². The molecular formula is C8H16F3O4P. The molecule has 0 heterocycles. The van der Waals surface area contributed by atoms with Gasteiger partial charge in [0.05, 0.1) is 6.61 Å². The second-order valence-corrected chi connectivity index (χ2v) is 4.65. The summed E-state index contributed by atoms with van der Waals surface area (Å²) in [6.07, 6.45) is -6.31. The van der Waals surface area contributed by atoms with E-state index in [2.05, 4.69) is 9.05 Å². The van der Waals surface area contributed by atoms with Gasteiger partial charge in [-0.2, -0.15) is 0 Å². The van der Waals surface area contributed by atoms with Gasteiger partial charge in [-0.3, -0.25) is 9.05 Å². The smallest absolute Gasteiger partial charge is 0.302 e. The van der Waals surface area contributed by atoms with Gasteiger partial charge in [0.1, 0.15) is 6.10 Å². The highest BCUT2D eigenvalue weighted by Gasteiger charge is 2.33. The fourth-order valence-corrected chi connectivity index (χ4v) is 1.78. The number of hydrogen-bond acceptors (Lipinski definition) is 3. The van der Waals surface area contributed by atoms with Crippen LogP contribution in [0.5, 0.6) is 0 Å². The molecule has 0 aliphatic heterocycles. The van der Waals surface area contributed by atoms with Crippen molar-refractivity contribution in [3.8, 4) is 0 Å². The molecule has 0 aromatic rings. The summed E-state index contributed by atoms with van der Waals surface area (Å²) in [5.41, 5.74) is 0. The Balaban J connectivity index is 4.09. The number of phosphoric ester groups is 1. The first-order valence-corrected chi connectivity index (χ1v) is 6.37. The van der Waals surface area contributed by atoms with Gasteiger partial charge in [-0.25, -0.2) is 17.7 Å². The predicted octanol–water partition coefficient (Wildman–Crippen LogP) is 2.91. The molecule has 0 aromatic heterocycles. The molecule has 0 spiro atoms. The predicted molar refractivity (Wildman–Crippen MR) is 52.1 cm³/mol. The van der Waals surface area contributed by atoms with Gasteiger partial charge < -0.3 is 4.89 Å². The summed E-state index contributed by atoms with van der Waals surface area (Å²) in [5, 5.41) is 0. The molecule has 0 aliphatic rings. The summed E-state index contributed by atoms with van der Waals surface area (Å²) in [7, 11) is -4.45. The van der Waals surface area contributed by atoms with E-state index < -0.39 is 26.5 Å². The molecule has 98 valence electrons. The maximum absolute atomic E-state index is 12.7. The van der Waals surface area contributed by atoms with E-state index in [4.69, 9.17) is 4.89 Å². The number of halogens is 3. The van der Waals surface area contributed by atoms with Gasteiger partial charge in [0.25, 0.3) is 6.43 Å². The van der Waals surface area contributed by atoms with Crippen LogP contribution in [0.3, 0.4) is 0 Å². The molecule has 0 amide bonds. The Hall–Kier alpha value is -0.100. The van der Waals surface area contributed by atoms with Crippen molar-refractivity contribution < 1.29 is 31.7 Å². The Bertz CT molecular complexity index is 239. The standard InChI is InChI=1S/C8H16F3O4P/c1-3-4-5-14-16(12,13)15-6(2)7(9)8(10)11/h6-8H,3-5H2,1-2H3,(H,12,13). The molecule has 0 saturated heterocycles. The third-order valence-electron chi connectivity index (χ3n) is 1.74. The maximum Gasteiger partial charge on any atom is 0.472 e. The van der Waals surface area contributed by atoms with Crippen molar-refractivity contribution in [2.75, 3.05) is 6.61 Å². The van der Waals surface area contributed by atoms with E-state index in [1.807, 2.05) is 6.92 Å². The largest absolute Gasteiger partial charge is 0.472 e. The van der Waals surface area contributed by atoms with Gasteiger partial charge in [0.2, 0.25) is 0 Å². The van der Waals surface area contributed by atoms with Gasteiger partial charge >= 0.3 is 7.82 Å². The zero-order chi connectivity index (χ0) is 12.8. The van der Waals surface area contributed by atoms with Crippen LogP contribution in [0.25, 0.3) is 0 Å². The molecule has 0 saturated carbocycles. The molecule has 1 N–H and O–H groups in total. The number of rotatable bonds is 8. The van der Waals surface area contributed by atoms with Crippen molar-refractivity contribution in [1.82, 2.24) is 0 Å². The molecule has 0 aromatic carbocycles. The lowest BCUT2D eigenvalue weighted by atomic mass is 10.3. The Morgan fingerprint density at radius 1 is 1.38 bits per heavy atom. The van der Waals surface area contributed by atoms with Crippen LogP contribution < -0.4 is 0 Å². The molecule has 0 rings (SSSR count). The van der Waals surface area contributed by atoms with Crippen molar-refractivity contribution in [1.29, 1.82) is 0 Å². The normalized spacial score (nSPS) is 19.4. The van der Waals surface area contributed by atoms with Gasteiger partial charge in [-0.05, 0) is 13.3 Å². The van der Waals surface area contributed by atoms with E-state index in [1.54, 1.807) is 0 Å². The molecule has 0 fully saturated rings. The maximum atomic E-state index is 12.7. The van der Waals surface area contributed by atoms with E-state index in [9.17, 15) is 17.7 Å². The van der Waals surface area contributed by atoms with Crippen molar-refractivity contribution in [2.24, 2.45) is 0 Å². The average Bonchev–Trinajstić information content (AvgIpc) is 2.15. The van der Waals surface area contributed by atoms with Crippen molar-refractivity contribution >= 4 is 7.82 Å². The van der Waals surface area contributed by atoms with E-state index in [0.717, 1.165) is 13.3 Å². The molecule has 8 heteroatoms. The van der Waals surface area contributed by atoms with E-state index in [0.29, 0.717) is 6.42 Å². The van der Waals surface area contributed by atoms with Crippen molar-refractivity contribution in [2.45, 2.75) is 45.4 Å². The molecule has 0 bridgehead atoms. The second kappa shape index (κ2) is 7.27. The van der Waals surface area contributed by atoms with Crippen LogP contribution in [0, 0.1) is 0 Å². The SMILES string of the molecule is CCCCOP(=O)(O)OC(C)C(F)C(F)F. The van der Waals surface area contributed by atoms with Gasteiger partial charge in [0, 0.05) is 0 Å². The summed E-state index contributed by atoms with van der Waals surface area (Å²) < 4.78 is 56.3. The first-order chi connectivity index (χ1) is 7.30. The van der Waals surface area contributed by atoms with Crippen LogP contribution in [-0.4, -0.2) is 30.2 Å². The minimum atomic E-state index is -4.45. The third-order valence-corrected chi connectivity index (χ3v) is 2.85. The third kappa shape index (κ3) is 6.48. The number of hydrogen-bond donors (Lipinski definition) is 1. The monoisotopic (exact) mass is 264 g/mol. The highest BCUT2D eigenvalue weighted by Crippen LogP contribution is 2.45. The Morgan fingerprint density at radius 2 is 1.94 bits per heavy atom. The fraction of sp³-hybridized carbons (Fsp3) is 1.00. The number of alkyl halides is 3. The minimum Gasteiger partial charge on any atom is -0.302 e. The zero-order valence-electron chi connectivity index (χ0n) is 9.11. The van der Waals surface area contributed by atoms with Crippen LogP contribution in [0.15, 0.2) is 0 Å². The lowest BCUT2D eigenvalue weighted by molar-refractivity contribution is -0.0236. The molecular weight excluding hydrogens is 248 g/mol. The van der Waals surface area contributed by atoms with Crippen LogP contribution in [0.2, 0.25) is 0 Å². The molecule has 0 aliphatic carbocycles. The first kappa shape index (κ1) is 15.9. The lowest BCUT2D eigenvalue weighted by Crippen LogP contribution is -2.28. The lowest BCUT2D eigenvalue weighted by Gasteiger charge is -2.19. The van der Waals surface area contributed by atoms with Crippen molar-refractivity contribution in [3.05, 3.63) is 0 Å². The zero-order valence-corrected chi connectivity index (χ0v) is 10.0. The highest BCUT2D eigenvalue weighted by atomic mass is 31.2. The fourth-order valence-electron chi connectivity index (χ4n) is 0.828. The summed E-state index contributed by atoms with van der Waals surface area (Å²) in [6, 6.07) is 0. The highest BCUT2D eigenvalue weighted by molar-refractivity contribution is 7.47. The molecule has 4 nitrogen and oxygen atoms in total. The summed E-state index contributed by atoms with van der Waals surface area (Å²) in [5.74, 6) is 0. The average molecular weight is 264 g/mol. The molecule has 0 radical (unpaired) electrons. The Morgan fingerprint density at radius 3 is 2.38 bits per heavy atom.